The summed E-state index contributed by atoms with van der Waals surface area (Å²) < 4.78 is 1.15. The number of aryl methyl sites for hydroxylation is 2. The first kappa shape index (κ1) is 13.1. The van der Waals surface area contributed by atoms with Gasteiger partial charge in [-0.2, -0.15) is 0 Å². The van der Waals surface area contributed by atoms with Crippen LogP contribution in [0.15, 0.2) is 24.3 Å². The molecule has 3 nitrogen and oxygen atoms in total. The summed E-state index contributed by atoms with van der Waals surface area (Å²) in [6.45, 7) is 7.07. The quantitative estimate of drug-likeness (QED) is 0.700. The minimum Gasteiger partial charge on any atom is -0.385 e. The number of fused-ring (bicyclic) bond motifs is 2. The topological polar surface area (TPSA) is 48.8 Å². The zero-order valence-corrected chi connectivity index (χ0v) is 12.7. The maximum atomic E-state index is 7.92. The number of nitrogens with zero attached hydrogens (tertiary/aromatic N) is 1. The van der Waals surface area contributed by atoms with Crippen LogP contribution < -0.4 is 10.7 Å². The molecule has 4 heteroatoms. The molecule has 0 spiro atoms. The molecule has 0 unspecified atom stereocenters. The molecule has 2 aliphatic rings. The van der Waals surface area contributed by atoms with Gasteiger partial charge in [-0.3, -0.25) is 0 Å². The average Bonchev–Trinajstić information content (AvgIpc) is 2.40. The molecule has 3 rings (SSSR count). The molecular formula is C16H17N3S. The van der Waals surface area contributed by atoms with Gasteiger partial charge in [-0.25, -0.2) is 4.98 Å². The Kier molecular flexibility index (Phi) is 3.18. The maximum Gasteiger partial charge on any atom is 0.0813 e. The van der Waals surface area contributed by atoms with Crippen molar-refractivity contribution < 1.29 is 0 Å². The van der Waals surface area contributed by atoms with Gasteiger partial charge in [-0.15, -0.1) is 11.3 Å². The summed E-state index contributed by atoms with van der Waals surface area (Å²) >= 11 is 1.70. The molecule has 0 bridgehead atoms. The van der Waals surface area contributed by atoms with Crippen LogP contribution in [-0.2, 0) is 0 Å². The SMILES string of the molecule is CCNc1cc2sc3cc(=N)c(C)cc-3nc2cc1C. The van der Waals surface area contributed by atoms with E-state index in [4.69, 9.17) is 10.4 Å². The Balaban J connectivity index is 2.31. The van der Waals surface area contributed by atoms with Crippen LogP contribution in [0.3, 0.4) is 0 Å². The predicted molar refractivity (Wildman–Crippen MR) is 85.7 cm³/mol. The summed E-state index contributed by atoms with van der Waals surface area (Å²) in [4.78, 5) is 5.81. The minimum atomic E-state index is 0.578. The Morgan fingerprint density at radius 1 is 1.15 bits per heavy atom. The first-order chi connectivity index (χ1) is 9.58. The van der Waals surface area contributed by atoms with Crippen molar-refractivity contribution >= 4 is 27.2 Å². The first-order valence-electron chi connectivity index (χ1n) is 6.73. The second-order valence-corrected chi connectivity index (χ2v) is 6.10. The van der Waals surface area contributed by atoms with Crippen molar-refractivity contribution in [3.8, 4) is 10.6 Å². The lowest BCUT2D eigenvalue weighted by Gasteiger charge is -2.11. The maximum absolute atomic E-state index is 7.92. The van der Waals surface area contributed by atoms with E-state index in [2.05, 4.69) is 31.3 Å². The third-order valence-corrected chi connectivity index (χ3v) is 4.53. The standard InChI is InChI=1S/C16H17N3S/c1-4-18-12-8-16-14(6-10(12)3)19-13-5-9(2)11(17)7-15(13)20-16/h5-8,17-18H,4H2,1-3H3. The van der Waals surface area contributed by atoms with Gasteiger partial charge in [0.2, 0.25) is 0 Å². The van der Waals surface area contributed by atoms with E-state index in [-0.39, 0.29) is 0 Å². The van der Waals surface area contributed by atoms with E-state index in [1.807, 2.05) is 19.1 Å². The third-order valence-electron chi connectivity index (χ3n) is 3.44. The van der Waals surface area contributed by atoms with E-state index < -0.39 is 0 Å². The average molecular weight is 283 g/mol. The van der Waals surface area contributed by atoms with Crippen LogP contribution in [0.25, 0.3) is 20.8 Å². The summed E-state index contributed by atoms with van der Waals surface area (Å²) in [6, 6.07) is 8.21. The van der Waals surface area contributed by atoms with Gasteiger partial charge in [0.25, 0.3) is 0 Å². The second kappa shape index (κ2) is 4.87. The highest BCUT2D eigenvalue weighted by molar-refractivity contribution is 7.21. The smallest absolute Gasteiger partial charge is 0.0813 e. The molecule has 0 aromatic heterocycles. The van der Waals surface area contributed by atoms with Crippen molar-refractivity contribution in [2.24, 2.45) is 0 Å². The fraction of sp³-hybridized carbons (Fsp3) is 0.250. The molecule has 2 N–H and O–H groups in total. The number of benzene rings is 2. The van der Waals surface area contributed by atoms with Gasteiger partial charge in [0.05, 0.1) is 26.1 Å². The Bertz CT molecular complexity index is 820. The van der Waals surface area contributed by atoms with Crippen LogP contribution >= 0.6 is 11.3 Å². The monoisotopic (exact) mass is 283 g/mol. The van der Waals surface area contributed by atoms with Crippen molar-refractivity contribution in [1.29, 1.82) is 5.41 Å². The van der Waals surface area contributed by atoms with Crippen molar-refractivity contribution in [1.82, 2.24) is 4.98 Å². The molecule has 0 radical (unpaired) electrons. The molecule has 0 amide bonds. The molecule has 1 aliphatic carbocycles. The second-order valence-electron chi connectivity index (χ2n) is 5.01. The van der Waals surface area contributed by atoms with Crippen molar-refractivity contribution in [3.05, 3.63) is 40.7 Å². The van der Waals surface area contributed by atoms with Crippen LogP contribution in [0.1, 0.15) is 18.1 Å². The van der Waals surface area contributed by atoms with Crippen LogP contribution in [0.2, 0.25) is 0 Å². The molecule has 0 fully saturated rings. The number of aromatic nitrogens is 1. The molecule has 1 aromatic carbocycles. The summed E-state index contributed by atoms with van der Waals surface area (Å²) in [5.41, 5.74) is 5.35. The fourth-order valence-electron chi connectivity index (χ4n) is 2.31. The number of hydrogen-bond donors (Lipinski definition) is 2. The van der Waals surface area contributed by atoms with Gasteiger partial charge in [0.15, 0.2) is 0 Å². The lowest BCUT2D eigenvalue weighted by atomic mass is 10.1. The zero-order chi connectivity index (χ0) is 14.3. The molecule has 20 heavy (non-hydrogen) atoms. The predicted octanol–water partition coefficient (Wildman–Crippen LogP) is 3.93. The lowest BCUT2D eigenvalue weighted by Crippen LogP contribution is -2.05. The van der Waals surface area contributed by atoms with E-state index in [0.717, 1.165) is 38.6 Å². The molecule has 1 aromatic rings. The highest BCUT2D eigenvalue weighted by atomic mass is 32.1. The number of anilines is 1. The third kappa shape index (κ3) is 2.16. The molecule has 0 saturated carbocycles. The molecule has 1 heterocycles. The van der Waals surface area contributed by atoms with Gasteiger partial charge in [0, 0.05) is 12.2 Å². The van der Waals surface area contributed by atoms with E-state index in [0.29, 0.717) is 5.36 Å². The van der Waals surface area contributed by atoms with Crippen LogP contribution in [0.4, 0.5) is 5.69 Å². The minimum absolute atomic E-state index is 0.578. The highest BCUT2D eigenvalue weighted by Gasteiger charge is 2.10. The fourth-order valence-corrected chi connectivity index (χ4v) is 3.32. The van der Waals surface area contributed by atoms with Crippen molar-refractivity contribution in [2.75, 3.05) is 11.9 Å². The number of hydrogen-bond acceptors (Lipinski definition) is 4. The zero-order valence-electron chi connectivity index (χ0n) is 11.9. The van der Waals surface area contributed by atoms with E-state index in [9.17, 15) is 0 Å². The lowest BCUT2D eigenvalue weighted by molar-refractivity contribution is 1.20. The first-order valence-corrected chi connectivity index (χ1v) is 7.54. The summed E-state index contributed by atoms with van der Waals surface area (Å²) in [5, 5.41) is 11.9. The Labute approximate surface area is 122 Å². The molecule has 0 saturated heterocycles. The van der Waals surface area contributed by atoms with Crippen LogP contribution in [0, 0.1) is 19.3 Å². The van der Waals surface area contributed by atoms with E-state index in [1.165, 1.54) is 5.56 Å². The van der Waals surface area contributed by atoms with Gasteiger partial charge in [-0.05, 0) is 56.2 Å². The van der Waals surface area contributed by atoms with Crippen molar-refractivity contribution in [2.45, 2.75) is 20.8 Å². The normalized spacial score (nSPS) is 11.2. The van der Waals surface area contributed by atoms with Gasteiger partial charge in [-0.1, -0.05) is 0 Å². The number of rotatable bonds is 2. The molecule has 1 aliphatic heterocycles. The summed E-state index contributed by atoms with van der Waals surface area (Å²) in [5.74, 6) is 0. The largest absolute Gasteiger partial charge is 0.385 e. The van der Waals surface area contributed by atoms with Gasteiger partial charge < -0.3 is 10.7 Å². The highest BCUT2D eigenvalue weighted by Crippen LogP contribution is 2.32. The van der Waals surface area contributed by atoms with Crippen molar-refractivity contribution in [3.63, 3.8) is 0 Å². The Hall–Kier alpha value is -1.94. The molecule has 0 atom stereocenters. The summed E-state index contributed by atoms with van der Waals surface area (Å²) in [7, 11) is 0. The van der Waals surface area contributed by atoms with Gasteiger partial charge in [0.1, 0.15) is 0 Å². The van der Waals surface area contributed by atoms with Gasteiger partial charge >= 0.3 is 0 Å². The van der Waals surface area contributed by atoms with Crippen LogP contribution in [0.5, 0.6) is 0 Å². The Morgan fingerprint density at radius 2 is 1.95 bits per heavy atom. The van der Waals surface area contributed by atoms with E-state index in [1.54, 1.807) is 11.3 Å². The van der Waals surface area contributed by atoms with E-state index >= 15 is 0 Å². The number of nitrogens with one attached hydrogen (secondary N) is 2. The molecule has 102 valence electrons. The molecular weight excluding hydrogens is 266 g/mol. The Morgan fingerprint density at radius 3 is 2.70 bits per heavy atom. The van der Waals surface area contributed by atoms with Crippen LogP contribution in [-0.4, -0.2) is 11.5 Å². The summed E-state index contributed by atoms with van der Waals surface area (Å²) in [6.07, 6.45) is 0.